The maximum absolute atomic E-state index is 12.7. The van der Waals surface area contributed by atoms with Crippen LogP contribution in [-0.2, 0) is 9.59 Å². The summed E-state index contributed by atoms with van der Waals surface area (Å²) in [5, 5.41) is 2.84. The Kier molecular flexibility index (Phi) is 4.62. The SMILES string of the molecule is CN1C(=O)C2C(N=CN2CC(=O)Nc2cccc(-c3nc4ccccc4o3)c2)N(C)C1=O. The molecule has 4 amide bonds. The first-order valence-electron chi connectivity index (χ1n) is 10.0. The fourth-order valence-electron chi connectivity index (χ4n) is 3.93. The van der Waals surface area contributed by atoms with Crippen LogP contribution in [0, 0.1) is 0 Å². The van der Waals surface area contributed by atoms with Gasteiger partial charge in [0.15, 0.2) is 17.8 Å². The summed E-state index contributed by atoms with van der Waals surface area (Å²) in [5.41, 5.74) is 2.74. The predicted molar refractivity (Wildman–Crippen MR) is 117 cm³/mol. The molecule has 2 atom stereocenters. The summed E-state index contributed by atoms with van der Waals surface area (Å²) in [6, 6.07) is 13.5. The van der Waals surface area contributed by atoms with Crippen LogP contribution in [0.1, 0.15) is 0 Å². The third-order valence-corrected chi connectivity index (χ3v) is 5.59. The van der Waals surface area contributed by atoms with Gasteiger partial charge in [0, 0.05) is 25.3 Å². The highest BCUT2D eigenvalue weighted by molar-refractivity contribution is 6.03. The Morgan fingerprint density at radius 2 is 1.94 bits per heavy atom. The van der Waals surface area contributed by atoms with Gasteiger partial charge >= 0.3 is 6.03 Å². The number of benzene rings is 2. The van der Waals surface area contributed by atoms with Gasteiger partial charge in [0.2, 0.25) is 11.8 Å². The molecule has 162 valence electrons. The van der Waals surface area contributed by atoms with Crippen molar-refractivity contribution in [3.05, 3.63) is 48.5 Å². The second kappa shape index (κ2) is 7.49. The van der Waals surface area contributed by atoms with E-state index < -0.39 is 18.2 Å². The largest absolute Gasteiger partial charge is 0.436 e. The monoisotopic (exact) mass is 432 g/mol. The van der Waals surface area contributed by atoms with Gasteiger partial charge in [-0.1, -0.05) is 18.2 Å². The Bertz CT molecular complexity index is 1240. The van der Waals surface area contributed by atoms with Crippen molar-refractivity contribution in [2.24, 2.45) is 4.99 Å². The van der Waals surface area contributed by atoms with Gasteiger partial charge in [0.1, 0.15) is 5.52 Å². The number of carbonyl (C=O) groups excluding carboxylic acids is 3. The van der Waals surface area contributed by atoms with Crippen LogP contribution in [0.4, 0.5) is 10.5 Å². The maximum Gasteiger partial charge on any atom is 0.328 e. The normalized spacial score (nSPS) is 20.2. The summed E-state index contributed by atoms with van der Waals surface area (Å²) in [6.45, 7) is -0.0839. The molecule has 1 saturated heterocycles. The first kappa shape index (κ1) is 19.7. The molecule has 3 heterocycles. The number of para-hydroxylation sites is 2. The zero-order valence-corrected chi connectivity index (χ0v) is 17.4. The van der Waals surface area contributed by atoms with E-state index >= 15 is 0 Å². The number of hydrogen-bond donors (Lipinski definition) is 1. The minimum absolute atomic E-state index is 0.0839. The Balaban J connectivity index is 1.30. The number of imide groups is 1. The van der Waals surface area contributed by atoms with Gasteiger partial charge in [-0.15, -0.1) is 0 Å². The topological polar surface area (TPSA) is 111 Å². The van der Waals surface area contributed by atoms with Gasteiger partial charge in [0.25, 0.3) is 5.91 Å². The molecule has 10 heteroatoms. The quantitative estimate of drug-likeness (QED) is 0.675. The molecule has 2 aromatic carbocycles. The zero-order chi connectivity index (χ0) is 22.4. The van der Waals surface area contributed by atoms with Crippen LogP contribution in [0.15, 0.2) is 57.9 Å². The van der Waals surface area contributed by atoms with Crippen molar-refractivity contribution in [3.8, 4) is 11.5 Å². The lowest BCUT2D eigenvalue weighted by molar-refractivity contribution is -0.136. The smallest absolute Gasteiger partial charge is 0.328 e. The van der Waals surface area contributed by atoms with Crippen LogP contribution in [0.2, 0.25) is 0 Å². The Labute approximate surface area is 183 Å². The van der Waals surface area contributed by atoms with E-state index in [9.17, 15) is 14.4 Å². The second-order valence-electron chi connectivity index (χ2n) is 7.70. The van der Waals surface area contributed by atoms with E-state index in [0.717, 1.165) is 16.0 Å². The third kappa shape index (κ3) is 3.25. The lowest BCUT2D eigenvalue weighted by Gasteiger charge is -2.39. The van der Waals surface area contributed by atoms with Gasteiger partial charge in [-0.05, 0) is 30.3 Å². The number of aliphatic imine (C=N–C) groups is 1. The van der Waals surface area contributed by atoms with E-state index in [1.807, 2.05) is 30.3 Å². The average molecular weight is 432 g/mol. The molecule has 0 radical (unpaired) electrons. The van der Waals surface area contributed by atoms with E-state index in [1.54, 1.807) is 30.1 Å². The Morgan fingerprint density at radius 3 is 2.75 bits per heavy atom. The van der Waals surface area contributed by atoms with Gasteiger partial charge in [-0.3, -0.25) is 14.5 Å². The number of oxazole rings is 1. The molecule has 2 aliphatic rings. The van der Waals surface area contributed by atoms with Crippen molar-refractivity contribution in [1.29, 1.82) is 0 Å². The van der Waals surface area contributed by atoms with Gasteiger partial charge < -0.3 is 19.5 Å². The fraction of sp³-hybridized carbons (Fsp3) is 0.227. The second-order valence-corrected chi connectivity index (χ2v) is 7.70. The van der Waals surface area contributed by atoms with E-state index in [-0.39, 0.29) is 18.4 Å². The molecule has 0 bridgehead atoms. The molecule has 0 aliphatic carbocycles. The number of amides is 4. The number of likely N-dealkylation sites (N-methyl/N-ethyl adjacent to an activating group) is 2. The molecule has 1 N–H and O–H groups in total. The van der Waals surface area contributed by atoms with Crippen molar-refractivity contribution < 1.29 is 18.8 Å². The maximum atomic E-state index is 12.7. The molecule has 0 saturated carbocycles. The van der Waals surface area contributed by atoms with Crippen LogP contribution in [-0.4, -0.2) is 76.7 Å². The van der Waals surface area contributed by atoms with Crippen LogP contribution in [0.3, 0.4) is 0 Å². The standard InChI is InChI=1S/C22H20N6O4/c1-26-19-18(21(30)27(2)22(26)31)28(12-23-19)11-17(29)24-14-7-5-6-13(10-14)20-25-15-8-3-4-9-16(15)32-20/h3-10,12,18-19H,11H2,1-2H3,(H,24,29). The zero-order valence-electron chi connectivity index (χ0n) is 17.4. The summed E-state index contributed by atoms with van der Waals surface area (Å²) in [6.07, 6.45) is 0.811. The summed E-state index contributed by atoms with van der Waals surface area (Å²) in [5.74, 6) is -0.247. The van der Waals surface area contributed by atoms with Crippen LogP contribution >= 0.6 is 0 Å². The summed E-state index contributed by atoms with van der Waals surface area (Å²) in [7, 11) is 3.01. The highest BCUT2D eigenvalue weighted by Gasteiger charge is 2.48. The Morgan fingerprint density at radius 1 is 1.12 bits per heavy atom. The molecule has 3 aromatic rings. The number of urea groups is 1. The molecule has 0 spiro atoms. The minimum Gasteiger partial charge on any atom is -0.436 e. The Hall–Kier alpha value is -4.21. The number of carbonyl (C=O) groups is 3. The van der Waals surface area contributed by atoms with Crippen molar-refractivity contribution in [1.82, 2.24) is 19.7 Å². The van der Waals surface area contributed by atoms with Crippen LogP contribution < -0.4 is 5.32 Å². The number of rotatable bonds is 4. The molecule has 1 fully saturated rings. The van der Waals surface area contributed by atoms with Gasteiger partial charge in [-0.25, -0.2) is 14.8 Å². The number of nitrogens with one attached hydrogen (secondary N) is 1. The first-order valence-corrected chi connectivity index (χ1v) is 10.0. The molecule has 2 aliphatic heterocycles. The molecular weight excluding hydrogens is 412 g/mol. The predicted octanol–water partition coefficient (Wildman–Crippen LogP) is 2.00. The van der Waals surface area contributed by atoms with Crippen LogP contribution in [0.5, 0.6) is 0 Å². The average Bonchev–Trinajstić information content (AvgIpc) is 3.41. The first-order chi connectivity index (χ1) is 15.4. The van der Waals surface area contributed by atoms with E-state index in [2.05, 4.69) is 15.3 Å². The summed E-state index contributed by atoms with van der Waals surface area (Å²) in [4.78, 5) is 50.1. The van der Waals surface area contributed by atoms with E-state index in [0.29, 0.717) is 17.2 Å². The minimum atomic E-state index is -0.723. The number of aromatic nitrogens is 1. The highest BCUT2D eigenvalue weighted by atomic mass is 16.3. The number of fused-ring (bicyclic) bond motifs is 2. The lowest BCUT2D eigenvalue weighted by Crippen LogP contribution is -2.64. The van der Waals surface area contributed by atoms with Crippen molar-refractivity contribution in [2.75, 3.05) is 26.0 Å². The van der Waals surface area contributed by atoms with Crippen molar-refractivity contribution in [2.45, 2.75) is 12.2 Å². The van der Waals surface area contributed by atoms with Crippen LogP contribution in [0.25, 0.3) is 22.6 Å². The van der Waals surface area contributed by atoms with E-state index in [1.165, 1.54) is 18.3 Å². The van der Waals surface area contributed by atoms with E-state index in [4.69, 9.17) is 4.42 Å². The number of anilines is 1. The third-order valence-electron chi connectivity index (χ3n) is 5.59. The summed E-state index contributed by atoms with van der Waals surface area (Å²) >= 11 is 0. The fourth-order valence-corrected chi connectivity index (χ4v) is 3.93. The molecular formula is C22H20N6O4. The molecule has 1 aromatic heterocycles. The molecule has 2 unspecified atom stereocenters. The van der Waals surface area contributed by atoms with Crippen molar-refractivity contribution in [3.63, 3.8) is 0 Å². The van der Waals surface area contributed by atoms with Gasteiger partial charge in [0.05, 0.1) is 12.9 Å². The number of nitrogens with zero attached hydrogens (tertiary/aromatic N) is 5. The van der Waals surface area contributed by atoms with Gasteiger partial charge in [-0.2, -0.15) is 0 Å². The molecule has 32 heavy (non-hydrogen) atoms. The molecule has 5 rings (SSSR count). The highest BCUT2D eigenvalue weighted by Crippen LogP contribution is 2.27. The van der Waals surface area contributed by atoms with Crippen molar-refractivity contribution >= 4 is 41.0 Å². The number of hydrogen-bond acceptors (Lipinski definition) is 7. The summed E-state index contributed by atoms with van der Waals surface area (Å²) < 4.78 is 5.80. The lowest BCUT2D eigenvalue weighted by atomic mass is 10.1. The molecule has 10 nitrogen and oxygen atoms in total.